The maximum absolute atomic E-state index is 5.75. The minimum absolute atomic E-state index is 0.517. The molecule has 3 nitrogen and oxygen atoms in total. The van der Waals surface area contributed by atoms with E-state index in [2.05, 4.69) is 27.4 Å². The highest BCUT2D eigenvalue weighted by atomic mass is 31.0. The van der Waals surface area contributed by atoms with Crippen LogP contribution in [-0.2, 0) is 5.41 Å². The summed E-state index contributed by atoms with van der Waals surface area (Å²) in [5.74, 6) is 2.49. The van der Waals surface area contributed by atoms with Gasteiger partial charge in [0.25, 0.3) is 0 Å². The second-order valence-electron chi connectivity index (χ2n) is 6.21. The lowest BCUT2D eigenvalue weighted by atomic mass is 9.69. The van der Waals surface area contributed by atoms with Crippen molar-refractivity contribution in [1.29, 1.82) is 0 Å². The Balaban J connectivity index is 2.45. The van der Waals surface area contributed by atoms with Crippen molar-refractivity contribution in [2.75, 3.05) is 27.5 Å². The van der Waals surface area contributed by atoms with Gasteiger partial charge < -0.3 is 14.2 Å². The first-order valence-electron chi connectivity index (χ1n) is 8.83. The van der Waals surface area contributed by atoms with E-state index < -0.39 is 5.41 Å². The standard InChI is InChI=1S/C23H25O3P/c1-24-20-13-7-4-10-17(20)23(16-27,18-11-5-8-14-21(18)25-2)19-12-6-9-15-22(19)26-3/h4-15H,16,27H2,1-3H3. The highest BCUT2D eigenvalue weighted by Gasteiger charge is 2.41. The molecule has 0 spiro atoms. The Kier molecular flexibility index (Phi) is 6.03. The smallest absolute Gasteiger partial charge is 0.123 e. The van der Waals surface area contributed by atoms with Crippen LogP contribution >= 0.6 is 9.24 Å². The number of rotatable bonds is 7. The largest absolute Gasteiger partial charge is 0.496 e. The quantitative estimate of drug-likeness (QED) is 0.430. The average Bonchev–Trinajstić information content (AvgIpc) is 2.75. The van der Waals surface area contributed by atoms with Crippen LogP contribution in [0.15, 0.2) is 72.8 Å². The lowest BCUT2D eigenvalue weighted by Gasteiger charge is -2.37. The molecule has 0 aromatic heterocycles. The molecule has 0 fully saturated rings. The van der Waals surface area contributed by atoms with Crippen LogP contribution < -0.4 is 14.2 Å². The van der Waals surface area contributed by atoms with E-state index >= 15 is 0 Å². The molecule has 1 unspecified atom stereocenters. The number of methoxy groups -OCH3 is 3. The van der Waals surface area contributed by atoms with Gasteiger partial charge in [0.1, 0.15) is 17.2 Å². The SMILES string of the molecule is COc1ccccc1C(CP)(c1ccccc1OC)c1ccccc1OC. The number of para-hydroxylation sites is 3. The van der Waals surface area contributed by atoms with Gasteiger partial charge in [0.2, 0.25) is 0 Å². The summed E-state index contributed by atoms with van der Waals surface area (Å²) in [4.78, 5) is 0. The van der Waals surface area contributed by atoms with Crippen molar-refractivity contribution in [1.82, 2.24) is 0 Å². The van der Waals surface area contributed by atoms with Gasteiger partial charge in [-0.2, -0.15) is 0 Å². The molecule has 3 aromatic rings. The molecule has 3 rings (SSSR count). The van der Waals surface area contributed by atoms with Crippen LogP contribution in [0.5, 0.6) is 17.2 Å². The Morgan fingerprint density at radius 2 is 0.889 bits per heavy atom. The monoisotopic (exact) mass is 380 g/mol. The van der Waals surface area contributed by atoms with Crippen molar-refractivity contribution in [2.24, 2.45) is 0 Å². The summed E-state index contributed by atoms with van der Waals surface area (Å²) in [6, 6.07) is 24.4. The van der Waals surface area contributed by atoms with Gasteiger partial charge in [0, 0.05) is 16.7 Å². The molecule has 0 saturated carbocycles. The molecule has 0 amide bonds. The second kappa shape index (κ2) is 8.45. The van der Waals surface area contributed by atoms with Crippen LogP contribution in [-0.4, -0.2) is 27.5 Å². The fourth-order valence-electron chi connectivity index (χ4n) is 3.76. The summed E-state index contributed by atoms with van der Waals surface area (Å²) in [7, 11) is 8.02. The minimum Gasteiger partial charge on any atom is -0.496 e. The molecule has 0 N–H and O–H groups in total. The van der Waals surface area contributed by atoms with Gasteiger partial charge in [-0.3, -0.25) is 0 Å². The summed E-state index contributed by atoms with van der Waals surface area (Å²) < 4.78 is 17.3. The van der Waals surface area contributed by atoms with Crippen molar-refractivity contribution >= 4 is 9.24 Å². The molecule has 0 heterocycles. The maximum atomic E-state index is 5.75. The van der Waals surface area contributed by atoms with Gasteiger partial charge >= 0.3 is 0 Å². The molecule has 0 aliphatic rings. The van der Waals surface area contributed by atoms with Crippen molar-refractivity contribution < 1.29 is 14.2 Å². The number of ether oxygens (including phenoxy) is 3. The molecule has 0 aliphatic heterocycles. The lowest BCUT2D eigenvalue weighted by Crippen LogP contribution is -2.33. The first kappa shape index (κ1) is 19.3. The van der Waals surface area contributed by atoms with E-state index in [9.17, 15) is 0 Å². The molecular formula is C23H25O3P. The van der Waals surface area contributed by atoms with E-state index in [1.807, 2.05) is 54.6 Å². The summed E-state index contributed by atoms with van der Waals surface area (Å²) >= 11 is 0. The molecule has 3 aromatic carbocycles. The zero-order valence-corrected chi connectivity index (χ0v) is 17.1. The van der Waals surface area contributed by atoms with E-state index in [0.29, 0.717) is 0 Å². The number of benzene rings is 3. The third-order valence-corrected chi connectivity index (χ3v) is 5.62. The van der Waals surface area contributed by atoms with Crippen LogP contribution in [0.3, 0.4) is 0 Å². The topological polar surface area (TPSA) is 27.7 Å². The van der Waals surface area contributed by atoms with Gasteiger partial charge in [-0.25, -0.2) is 0 Å². The van der Waals surface area contributed by atoms with Crippen LogP contribution in [0.1, 0.15) is 16.7 Å². The second-order valence-corrected chi connectivity index (χ2v) is 6.62. The van der Waals surface area contributed by atoms with Crippen LogP contribution in [0.2, 0.25) is 0 Å². The highest BCUT2D eigenvalue weighted by molar-refractivity contribution is 7.16. The normalized spacial score (nSPS) is 11.1. The third-order valence-electron chi connectivity index (χ3n) is 5.01. The van der Waals surface area contributed by atoms with Gasteiger partial charge in [0.05, 0.1) is 26.7 Å². The van der Waals surface area contributed by atoms with Crippen molar-refractivity contribution in [3.05, 3.63) is 89.5 Å². The Labute approximate surface area is 163 Å². The zero-order chi connectivity index (χ0) is 19.3. The van der Waals surface area contributed by atoms with E-state index in [4.69, 9.17) is 14.2 Å². The Morgan fingerprint density at radius 1 is 0.593 bits per heavy atom. The van der Waals surface area contributed by atoms with Gasteiger partial charge in [-0.05, 0) is 24.4 Å². The predicted octanol–water partition coefficient (Wildman–Crippen LogP) is 4.92. The molecule has 1 atom stereocenters. The van der Waals surface area contributed by atoms with E-state index in [0.717, 1.165) is 40.1 Å². The summed E-state index contributed by atoms with van der Waals surface area (Å²) in [5.41, 5.74) is 2.68. The average molecular weight is 380 g/mol. The van der Waals surface area contributed by atoms with Gasteiger partial charge in [-0.1, -0.05) is 54.6 Å². The summed E-state index contributed by atoms with van der Waals surface area (Å²) in [5, 5.41) is 0. The van der Waals surface area contributed by atoms with Crippen molar-refractivity contribution in [3.8, 4) is 17.2 Å². The molecule has 0 saturated heterocycles. The van der Waals surface area contributed by atoms with Crippen LogP contribution in [0.25, 0.3) is 0 Å². The molecular weight excluding hydrogens is 355 g/mol. The number of hydrogen-bond donors (Lipinski definition) is 0. The predicted molar refractivity (Wildman–Crippen MR) is 113 cm³/mol. The molecule has 27 heavy (non-hydrogen) atoms. The van der Waals surface area contributed by atoms with E-state index in [1.54, 1.807) is 21.3 Å². The van der Waals surface area contributed by atoms with Crippen molar-refractivity contribution in [2.45, 2.75) is 5.41 Å². The molecule has 0 aliphatic carbocycles. The summed E-state index contributed by atoms with van der Waals surface area (Å²) in [6.45, 7) is 0. The van der Waals surface area contributed by atoms with Gasteiger partial charge in [-0.15, -0.1) is 9.24 Å². The number of hydrogen-bond acceptors (Lipinski definition) is 3. The summed E-state index contributed by atoms with van der Waals surface area (Å²) in [6.07, 6.45) is 0.730. The first-order chi connectivity index (χ1) is 13.2. The minimum atomic E-state index is -0.517. The molecule has 4 heteroatoms. The molecule has 140 valence electrons. The fourth-order valence-corrected chi connectivity index (χ4v) is 4.42. The zero-order valence-electron chi connectivity index (χ0n) is 15.9. The Morgan fingerprint density at radius 3 is 1.15 bits per heavy atom. The van der Waals surface area contributed by atoms with E-state index in [-0.39, 0.29) is 0 Å². The lowest BCUT2D eigenvalue weighted by molar-refractivity contribution is 0.383. The van der Waals surface area contributed by atoms with Crippen LogP contribution in [0, 0.1) is 0 Å². The highest BCUT2D eigenvalue weighted by Crippen LogP contribution is 2.50. The molecule has 0 radical (unpaired) electrons. The first-order valence-corrected chi connectivity index (χ1v) is 9.65. The van der Waals surface area contributed by atoms with Crippen LogP contribution in [0.4, 0.5) is 0 Å². The molecule has 0 bridgehead atoms. The maximum Gasteiger partial charge on any atom is 0.123 e. The third kappa shape index (κ3) is 3.28. The van der Waals surface area contributed by atoms with Gasteiger partial charge in [0.15, 0.2) is 0 Å². The van der Waals surface area contributed by atoms with Crippen molar-refractivity contribution in [3.63, 3.8) is 0 Å². The Bertz CT molecular complexity index is 792. The van der Waals surface area contributed by atoms with E-state index in [1.165, 1.54) is 0 Å². The Hall–Kier alpha value is -2.51. The fraction of sp³-hybridized carbons (Fsp3) is 0.217.